The van der Waals surface area contributed by atoms with Crippen LogP contribution in [0.4, 0.5) is 11.4 Å². The number of anilines is 1. The first kappa shape index (κ1) is 14.1. The van der Waals surface area contributed by atoms with E-state index in [0.717, 1.165) is 6.54 Å². The van der Waals surface area contributed by atoms with E-state index in [2.05, 4.69) is 33.0 Å². The number of benzene rings is 1. The fourth-order valence-corrected chi connectivity index (χ4v) is 3.04. The lowest BCUT2D eigenvalue weighted by Crippen LogP contribution is -2.09. The van der Waals surface area contributed by atoms with E-state index >= 15 is 0 Å². The zero-order valence-corrected chi connectivity index (χ0v) is 12.4. The molecule has 1 aliphatic carbocycles. The van der Waals surface area contributed by atoms with E-state index in [9.17, 15) is 10.1 Å². The maximum atomic E-state index is 11.0. The molecule has 0 atom stereocenters. The van der Waals surface area contributed by atoms with E-state index in [1.54, 1.807) is 6.07 Å². The van der Waals surface area contributed by atoms with Gasteiger partial charge in [0.2, 0.25) is 0 Å². The molecule has 0 unspecified atom stereocenters. The van der Waals surface area contributed by atoms with Crippen LogP contribution in [-0.4, -0.2) is 11.5 Å². The first-order valence-corrected chi connectivity index (χ1v) is 6.73. The lowest BCUT2D eigenvalue weighted by Gasteiger charge is -2.08. The molecule has 0 saturated heterocycles. The summed E-state index contributed by atoms with van der Waals surface area (Å²) in [4.78, 5) is 10.6. The van der Waals surface area contributed by atoms with Gasteiger partial charge in [-0.25, -0.2) is 0 Å². The number of nitro groups is 1. The van der Waals surface area contributed by atoms with Crippen LogP contribution in [0.25, 0.3) is 0 Å². The molecule has 0 radical (unpaired) electrons. The molecular formula is C14H19ClN2O2. The molecule has 5 heteroatoms. The number of hydrogen-bond donors (Lipinski definition) is 1. The Bertz CT molecular complexity index is 512. The zero-order valence-electron chi connectivity index (χ0n) is 11.7. The minimum atomic E-state index is -0.387. The Morgan fingerprint density at radius 3 is 2.37 bits per heavy atom. The van der Waals surface area contributed by atoms with Crippen molar-refractivity contribution in [2.75, 3.05) is 11.9 Å². The zero-order chi connectivity index (χ0) is 14.4. The van der Waals surface area contributed by atoms with Crippen LogP contribution in [0.5, 0.6) is 0 Å². The Kier molecular flexibility index (Phi) is 3.25. The number of rotatable bonds is 4. The number of halogens is 1. The van der Waals surface area contributed by atoms with Gasteiger partial charge in [-0.15, -0.1) is 0 Å². The molecule has 1 saturated carbocycles. The van der Waals surface area contributed by atoms with Crippen LogP contribution in [-0.2, 0) is 0 Å². The van der Waals surface area contributed by atoms with Crippen LogP contribution < -0.4 is 5.32 Å². The standard InChI is InChI=1S/C14H19ClN2O2/c1-13(2)12(14(13,3)4)8-16-10-7-9(15)5-6-11(10)17(18)19/h5-7,12,16H,8H2,1-4H3. The van der Waals surface area contributed by atoms with Crippen molar-refractivity contribution in [3.63, 3.8) is 0 Å². The van der Waals surface area contributed by atoms with Crippen LogP contribution in [0, 0.1) is 26.9 Å². The van der Waals surface area contributed by atoms with Crippen molar-refractivity contribution in [3.8, 4) is 0 Å². The Morgan fingerprint density at radius 1 is 1.32 bits per heavy atom. The first-order valence-electron chi connectivity index (χ1n) is 6.35. The fourth-order valence-electron chi connectivity index (χ4n) is 2.86. The summed E-state index contributed by atoms with van der Waals surface area (Å²) < 4.78 is 0. The molecule has 1 aromatic carbocycles. The SMILES string of the molecule is CC1(C)C(CNc2cc(Cl)ccc2[N+](=O)[O-])C1(C)C. The minimum absolute atomic E-state index is 0.0701. The molecule has 19 heavy (non-hydrogen) atoms. The van der Waals surface area contributed by atoms with Gasteiger partial charge >= 0.3 is 0 Å². The van der Waals surface area contributed by atoms with Gasteiger partial charge in [-0.1, -0.05) is 39.3 Å². The molecule has 1 N–H and O–H groups in total. The van der Waals surface area contributed by atoms with E-state index in [-0.39, 0.29) is 21.4 Å². The van der Waals surface area contributed by atoms with Gasteiger partial charge in [0.25, 0.3) is 5.69 Å². The molecule has 1 aliphatic rings. The van der Waals surface area contributed by atoms with Crippen LogP contribution in [0.1, 0.15) is 27.7 Å². The monoisotopic (exact) mass is 282 g/mol. The van der Waals surface area contributed by atoms with Crippen molar-refractivity contribution in [2.24, 2.45) is 16.7 Å². The maximum absolute atomic E-state index is 11.0. The molecule has 0 aromatic heterocycles. The topological polar surface area (TPSA) is 55.2 Å². The second-order valence-corrected chi connectivity index (χ2v) is 6.73. The van der Waals surface area contributed by atoms with Gasteiger partial charge in [0, 0.05) is 17.6 Å². The number of nitrogens with one attached hydrogen (secondary N) is 1. The molecule has 0 bridgehead atoms. The summed E-state index contributed by atoms with van der Waals surface area (Å²) in [5.41, 5.74) is 1.08. The Labute approximate surface area is 118 Å². The van der Waals surface area contributed by atoms with Gasteiger partial charge < -0.3 is 5.32 Å². The van der Waals surface area contributed by atoms with E-state index in [1.807, 2.05) is 0 Å². The minimum Gasteiger partial charge on any atom is -0.379 e. The van der Waals surface area contributed by atoms with Crippen LogP contribution in [0.3, 0.4) is 0 Å². The average molecular weight is 283 g/mol. The number of hydrogen-bond acceptors (Lipinski definition) is 3. The third kappa shape index (κ3) is 2.29. The summed E-state index contributed by atoms with van der Waals surface area (Å²) in [6, 6.07) is 4.59. The fraction of sp³-hybridized carbons (Fsp3) is 0.571. The smallest absolute Gasteiger partial charge is 0.292 e. The average Bonchev–Trinajstić information content (AvgIpc) is 2.66. The highest BCUT2D eigenvalue weighted by Crippen LogP contribution is 2.68. The molecule has 0 amide bonds. The van der Waals surface area contributed by atoms with Gasteiger partial charge in [0.05, 0.1) is 4.92 Å². The lowest BCUT2D eigenvalue weighted by atomic mass is 10.0. The van der Waals surface area contributed by atoms with Gasteiger partial charge in [-0.2, -0.15) is 0 Å². The number of nitro benzene ring substituents is 1. The maximum Gasteiger partial charge on any atom is 0.292 e. The Hall–Kier alpha value is -1.29. The van der Waals surface area contributed by atoms with Crippen molar-refractivity contribution in [2.45, 2.75) is 27.7 Å². The van der Waals surface area contributed by atoms with Gasteiger partial charge in [0.15, 0.2) is 0 Å². The largest absolute Gasteiger partial charge is 0.379 e. The summed E-state index contributed by atoms with van der Waals surface area (Å²) >= 11 is 5.90. The number of nitrogens with zero attached hydrogens (tertiary/aromatic N) is 1. The normalized spacial score (nSPS) is 20.1. The van der Waals surface area contributed by atoms with Gasteiger partial charge in [0.1, 0.15) is 5.69 Å². The molecule has 1 aromatic rings. The highest BCUT2D eigenvalue weighted by Gasteiger charge is 2.64. The lowest BCUT2D eigenvalue weighted by molar-refractivity contribution is -0.384. The van der Waals surface area contributed by atoms with Crippen molar-refractivity contribution < 1.29 is 4.92 Å². The van der Waals surface area contributed by atoms with E-state index in [4.69, 9.17) is 11.6 Å². The summed E-state index contributed by atoms with van der Waals surface area (Å²) in [6.45, 7) is 9.64. The van der Waals surface area contributed by atoms with Crippen molar-refractivity contribution >= 4 is 23.0 Å². The Balaban J connectivity index is 2.13. The van der Waals surface area contributed by atoms with Crippen molar-refractivity contribution in [1.29, 1.82) is 0 Å². The van der Waals surface area contributed by atoms with Crippen LogP contribution >= 0.6 is 11.6 Å². The van der Waals surface area contributed by atoms with Crippen molar-refractivity contribution in [1.82, 2.24) is 0 Å². The molecule has 4 nitrogen and oxygen atoms in total. The summed E-state index contributed by atoms with van der Waals surface area (Å²) in [7, 11) is 0. The highest BCUT2D eigenvalue weighted by atomic mass is 35.5. The van der Waals surface area contributed by atoms with E-state index in [1.165, 1.54) is 12.1 Å². The predicted molar refractivity (Wildman–Crippen MR) is 77.6 cm³/mol. The van der Waals surface area contributed by atoms with E-state index in [0.29, 0.717) is 16.6 Å². The Morgan fingerprint density at radius 2 is 1.89 bits per heavy atom. The highest BCUT2D eigenvalue weighted by molar-refractivity contribution is 6.31. The molecule has 0 spiro atoms. The second kappa shape index (κ2) is 4.37. The molecule has 0 heterocycles. The third-order valence-electron chi connectivity index (χ3n) is 4.97. The summed E-state index contributed by atoms with van der Waals surface area (Å²) in [6.07, 6.45) is 0. The van der Waals surface area contributed by atoms with Gasteiger partial charge in [-0.05, 0) is 28.9 Å². The molecule has 0 aliphatic heterocycles. The summed E-state index contributed by atoms with van der Waals surface area (Å²) in [5.74, 6) is 0.499. The molecule has 104 valence electrons. The van der Waals surface area contributed by atoms with Crippen molar-refractivity contribution in [3.05, 3.63) is 33.3 Å². The van der Waals surface area contributed by atoms with Crippen LogP contribution in [0.2, 0.25) is 5.02 Å². The third-order valence-corrected chi connectivity index (χ3v) is 5.21. The molecular weight excluding hydrogens is 264 g/mol. The summed E-state index contributed by atoms with van der Waals surface area (Å²) in [5, 5.41) is 14.7. The predicted octanol–water partition coefficient (Wildman–Crippen LogP) is 4.34. The van der Waals surface area contributed by atoms with Crippen LogP contribution in [0.15, 0.2) is 18.2 Å². The van der Waals surface area contributed by atoms with E-state index < -0.39 is 0 Å². The quantitative estimate of drug-likeness (QED) is 0.660. The molecule has 2 rings (SSSR count). The molecule has 1 fully saturated rings. The van der Waals surface area contributed by atoms with Gasteiger partial charge in [-0.3, -0.25) is 10.1 Å². The second-order valence-electron chi connectivity index (χ2n) is 6.30. The first-order chi connectivity index (χ1) is 8.68.